The number of hydrogen-bond acceptors (Lipinski definition) is 4. The molecule has 2 aliphatic heterocycles. The van der Waals surface area contributed by atoms with Crippen LogP contribution in [0.25, 0.3) is 0 Å². The van der Waals surface area contributed by atoms with E-state index in [2.05, 4.69) is 10.6 Å². The number of hydrogen-bond donors (Lipinski definition) is 2. The molecule has 1 atom stereocenters. The van der Waals surface area contributed by atoms with Crippen LogP contribution in [0.4, 0.5) is 0 Å². The van der Waals surface area contributed by atoms with Gasteiger partial charge in [-0.3, -0.25) is 4.79 Å². The molecule has 3 rings (SSSR count). The van der Waals surface area contributed by atoms with Gasteiger partial charge in [0.15, 0.2) is 11.5 Å². The van der Waals surface area contributed by atoms with E-state index >= 15 is 0 Å². The molecule has 2 heterocycles. The Morgan fingerprint density at radius 3 is 2.91 bits per heavy atom. The van der Waals surface area contributed by atoms with Crippen LogP contribution < -0.4 is 20.1 Å². The Bertz CT molecular complexity index is 539. The molecule has 5 heteroatoms. The lowest BCUT2D eigenvalue weighted by molar-refractivity contribution is -0.131. The van der Waals surface area contributed by atoms with E-state index in [1.54, 1.807) is 0 Å². The highest BCUT2D eigenvalue weighted by atomic mass is 16.6. The molecule has 5 nitrogen and oxygen atoms in total. The molecule has 2 aliphatic rings. The summed E-state index contributed by atoms with van der Waals surface area (Å²) in [7, 11) is 0. The quantitative estimate of drug-likeness (QED) is 0.885. The maximum Gasteiger partial charge on any atom is 0.227 e. The zero-order valence-electron chi connectivity index (χ0n) is 13.1. The number of rotatable bonds is 4. The summed E-state index contributed by atoms with van der Waals surface area (Å²) >= 11 is 0. The molecule has 1 fully saturated rings. The van der Waals surface area contributed by atoms with E-state index in [4.69, 9.17) is 9.47 Å². The Kier molecular flexibility index (Phi) is 4.52. The highest BCUT2D eigenvalue weighted by molar-refractivity contribution is 5.82. The molecule has 2 N–H and O–H groups in total. The number of ether oxygens (including phenoxy) is 2. The number of amides is 1. The molecule has 0 saturated carbocycles. The molecule has 120 valence electrons. The summed E-state index contributed by atoms with van der Waals surface area (Å²) in [5.74, 6) is 1.76. The third kappa shape index (κ3) is 3.35. The molecule has 0 bridgehead atoms. The van der Waals surface area contributed by atoms with Gasteiger partial charge in [0.1, 0.15) is 13.2 Å². The summed E-state index contributed by atoms with van der Waals surface area (Å²) in [6, 6.07) is 5.98. The first kappa shape index (κ1) is 15.2. The van der Waals surface area contributed by atoms with E-state index in [1.165, 1.54) is 0 Å². The summed E-state index contributed by atoms with van der Waals surface area (Å²) in [5.41, 5.74) is 0.877. The van der Waals surface area contributed by atoms with Gasteiger partial charge in [-0.05, 0) is 50.4 Å². The molecule has 1 unspecified atom stereocenters. The standard InChI is InChI=1S/C17H24N2O3/c1-17(6-2-7-18-12-17)16(20)19-8-5-13-3-4-14-15(11-13)22-10-9-21-14/h3-4,11,18H,2,5-10,12H2,1H3,(H,19,20). The van der Waals surface area contributed by atoms with Crippen LogP contribution >= 0.6 is 0 Å². The normalized spacial score (nSPS) is 23.9. The van der Waals surface area contributed by atoms with Crippen molar-refractivity contribution in [3.05, 3.63) is 23.8 Å². The van der Waals surface area contributed by atoms with Gasteiger partial charge in [-0.15, -0.1) is 0 Å². The van der Waals surface area contributed by atoms with Crippen molar-refractivity contribution in [2.75, 3.05) is 32.8 Å². The van der Waals surface area contributed by atoms with Gasteiger partial charge < -0.3 is 20.1 Å². The molecule has 0 spiro atoms. The molecule has 1 saturated heterocycles. The van der Waals surface area contributed by atoms with Crippen LogP contribution in [0.3, 0.4) is 0 Å². The van der Waals surface area contributed by atoms with Gasteiger partial charge in [-0.2, -0.15) is 0 Å². The van der Waals surface area contributed by atoms with E-state index in [1.807, 2.05) is 25.1 Å². The van der Waals surface area contributed by atoms with Gasteiger partial charge in [-0.1, -0.05) is 6.07 Å². The minimum Gasteiger partial charge on any atom is -0.486 e. The second kappa shape index (κ2) is 6.57. The van der Waals surface area contributed by atoms with Crippen molar-refractivity contribution in [3.63, 3.8) is 0 Å². The van der Waals surface area contributed by atoms with Crippen LogP contribution in [0, 0.1) is 5.41 Å². The smallest absolute Gasteiger partial charge is 0.227 e. The van der Waals surface area contributed by atoms with Crippen LogP contribution in [-0.2, 0) is 11.2 Å². The number of nitrogens with one attached hydrogen (secondary N) is 2. The first-order chi connectivity index (χ1) is 10.7. The largest absolute Gasteiger partial charge is 0.486 e. The lowest BCUT2D eigenvalue weighted by atomic mass is 9.82. The SMILES string of the molecule is CC1(C(=O)NCCc2ccc3c(c2)OCCO3)CCCNC1. The summed E-state index contributed by atoms with van der Waals surface area (Å²) in [6.45, 7) is 5.67. The third-order valence-corrected chi connectivity index (χ3v) is 4.45. The van der Waals surface area contributed by atoms with Crippen LogP contribution in [-0.4, -0.2) is 38.8 Å². The van der Waals surface area contributed by atoms with Gasteiger partial charge in [-0.25, -0.2) is 0 Å². The number of fused-ring (bicyclic) bond motifs is 1. The number of carbonyl (C=O) groups is 1. The van der Waals surface area contributed by atoms with Crippen molar-refractivity contribution >= 4 is 5.91 Å². The van der Waals surface area contributed by atoms with E-state index in [-0.39, 0.29) is 11.3 Å². The lowest BCUT2D eigenvalue weighted by Gasteiger charge is -2.32. The number of piperidine rings is 1. The van der Waals surface area contributed by atoms with Gasteiger partial charge in [0, 0.05) is 13.1 Å². The Labute approximate surface area is 131 Å². The molecule has 1 aromatic carbocycles. The minimum atomic E-state index is -0.273. The minimum absolute atomic E-state index is 0.150. The predicted molar refractivity (Wildman–Crippen MR) is 84.4 cm³/mol. The van der Waals surface area contributed by atoms with Crippen molar-refractivity contribution in [1.82, 2.24) is 10.6 Å². The van der Waals surface area contributed by atoms with Crippen molar-refractivity contribution in [1.29, 1.82) is 0 Å². The summed E-state index contributed by atoms with van der Waals surface area (Å²) in [5, 5.41) is 6.38. The fourth-order valence-electron chi connectivity index (χ4n) is 3.03. The topological polar surface area (TPSA) is 59.6 Å². The zero-order valence-corrected chi connectivity index (χ0v) is 13.1. The Hall–Kier alpha value is -1.75. The van der Waals surface area contributed by atoms with Gasteiger partial charge in [0.05, 0.1) is 5.41 Å². The summed E-state index contributed by atoms with van der Waals surface area (Å²) < 4.78 is 11.1. The van der Waals surface area contributed by atoms with E-state index in [0.717, 1.165) is 49.4 Å². The zero-order chi connectivity index (χ0) is 15.4. The Balaban J connectivity index is 1.51. The fourth-order valence-corrected chi connectivity index (χ4v) is 3.03. The molecular formula is C17H24N2O3. The van der Waals surface area contributed by atoms with Crippen molar-refractivity contribution in [3.8, 4) is 11.5 Å². The highest BCUT2D eigenvalue weighted by Crippen LogP contribution is 2.31. The predicted octanol–water partition coefficient (Wildman–Crippen LogP) is 1.51. The van der Waals surface area contributed by atoms with E-state index in [9.17, 15) is 4.79 Å². The maximum atomic E-state index is 12.3. The van der Waals surface area contributed by atoms with Crippen LogP contribution in [0.15, 0.2) is 18.2 Å². The van der Waals surface area contributed by atoms with Gasteiger partial charge in [0.2, 0.25) is 5.91 Å². The van der Waals surface area contributed by atoms with Gasteiger partial charge in [0.25, 0.3) is 0 Å². The maximum absolute atomic E-state index is 12.3. The van der Waals surface area contributed by atoms with Crippen molar-refractivity contribution in [2.24, 2.45) is 5.41 Å². The van der Waals surface area contributed by atoms with Crippen LogP contribution in [0.5, 0.6) is 11.5 Å². The second-order valence-electron chi connectivity index (χ2n) is 6.32. The second-order valence-corrected chi connectivity index (χ2v) is 6.32. The molecule has 22 heavy (non-hydrogen) atoms. The first-order valence-electron chi connectivity index (χ1n) is 8.05. The van der Waals surface area contributed by atoms with Crippen LogP contribution in [0.1, 0.15) is 25.3 Å². The molecule has 0 radical (unpaired) electrons. The number of benzene rings is 1. The lowest BCUT2D eigenvalue weighted by Crippen LogP contribution is -2.49. The average Bonchev–Trinajstić information content (AvgIpc) is 2.55. The highest BCUT2D eigenvalue weighted by Gasteiger charge is 2.34. The van der Waals surface area contributed by atoms with E-state index in [0.29, 0.717) is 19.8 Å². The summed E-state index contributed by atoms with van der Waals surface area (Å²) in [6.07, 6.45) is 2.81. The molecule has 0 aliphatic carbocycles. The Morgan fingerprint density at radius 2 is 2.14 bits per heavy atom. The molecular weight excluding hydrogens is 280 g/mol. The van der Waals surface area contributed by atoms with Crippen LogP contribution in [0.2, 0.25) is 0 Å². The first-order valence-corrected chi connectivity index (χ1v) is 8.05. The monoisotopic (exact) mass is 304 g/mol. The fraction of sp³-hybridized carbons (Fsp3) is 0.588. The van der Waals surface area contributed by atoms with Crippen molar-refractivity contribution in [2.45, 2.75) is 26.2 Å². The molecule has 1 aromatic rings. The molecule has 0 aromatic heterocycles. The average molecular weight is 304 g/mol. The third-order valence-electron chi connectivity index (χ3n) is 4.45. The Morgan fingerprint density at radius 1 is 1.32 bits per heavy atom. The summed E-state index contributed by atoms with van der Waals surface area (Å²) in [4.78, 5) is 12.3. The number of carbonyl (C=O) groups excluding carboxylic acids is 1. The van der Waals surface area contributed by atoms with E-state index < -0.39 is 0 Å². The van der Waals surface area contributed by atoms with Crippen molar-refractivity contribution < 1.29 is 14.3 Å². The van der Waals surface area contributed by atoms with Gasteiger partial charge >= 0.3 is 0 Å². The molecule has 1 amide bonds.